The van der Waals surface area contributed by atoms with E-state index in [9.17, 15) is 0 Å². The molecule has 0 bridgehead atoms. The fourth-order valence-corrected chi connectivity index (χ4v) is 2.86. The van der Waals surface area contributed by atoms with Gasteiger partial charge in [-0.05, 0) is 35.6 Å². The monoisotopic (exact) mass is 250 g/mol. The number of rotatable bonds is 1. The van der Waals surface area contributed by atoms with Crippen LogP contribution in [0.2, 0.25) is 0 Å². The summed E-state index contributed by atoms with van der Waals surface area (Å²) >= 11 is 1.51. The molecular weight excluding hydrogens is 240 g/mol. The molecule has 86 valence electrons. The van der Waals surface area contributed by atoms with Gasteiger partial charge in [-0.15, -0.1) is 0 Å². The molecule has 0 saturated heterocycles. The van der Waals surface area contributed by atoms with E-state index >= 15 is 0 Å². The van der Waals surface area contributed by atoms with Gasteiger partial charge in [0.05, 0.1) is 16.3 Å². The molecule has 0 radical (unpaired) electrons. The highest BCUT2D eigenvalue weighted by molar-refractivity contribution is 7.13. The van der Waals surface area contributed by atoms with Crippen LogP contribution in [0.4, 0.5) is 0 Å². The van der Waals surface area contributed by atoms with Crippen LogP contribution < -0.4 is 0 Å². The molecule has 0 aliphatic carbocycles. The topological polar surface area (TPSA) is 36.7 Å². The van der Waals surface area contributed by atoms with Crippen LogP contribution in [0.1, 0.15) is 11.1 Å². The Balaban J connectivity index is 2.24. The number of benzene rings is 2. The first kappa shape index (κ1) is 10.9. The maximum atomic E-state index is 8.96. The van der Waals surface area contributed by atoms with Crippen molar-refractivity contribution >= 4 is 21.6 Å². The average Bonchev–Trinajstić information content (AvgIpc) is 2.86. The van der Waals surface area contributed by atoms with Gasteiger partial charge in [-0.1, -0.05) is 30.3 Å². The van der Waals surface area contributed by atoms with Crippen molar-refractivity contribution in [3.8, 4) is 17.2 Å². The number of hydrogen-bond acceptors (Lipinski definition) is 3. The molecule has 0 atom stereocenters. The predicted molar refractivity (Wildman–Crippen MR) is 74.5 cm³/mol. The van der Waals surface area contributed by atoms with Crippen molar-refractivity contribution in [1.29, 1.82) is 5.26 Å². The molecule has 0 spiro atoms. The van der Waals surface area contributed by atoms with Crippen LogP contribution in [-0.4, -0.2) is 4.37 Å². The van der Waals surface area contributed by atoms with E-state index in [-0.39, 0.29) is 0 Å². The summed E-state index contributed by atoms with van der Waals surface area (Å²) in [6.45, 7) is 1.97. The summed E-state index contributed by atoms with van der Waals surface area (Å²) in [6, 6.07) is 14.3. The number of fused-ring (bicyclic) bond motifs is 1. The Hall–Kier alpha value is -2.18. The molecular formula is C15H10N2S. The highest BCUT2D eigenvalue weighted by atomic mass is 32.1. The Labute approximate surface area is 109 Å². The minimum atomic E-state index is 0.732. The van der Waals surface area contributed by atoms with Gasteiger partial charge in [0.15, 0.2) is 0 Å². The van der Waals surface area contributed by atoms with Gasteiger partial charge in [0.1, 0.15) is 0 Å². The molecule has 0 amide bonds. The SMILES string of the molecule is Cc1cc(-c2cccc3cnsc23)ccc1C#N. The summed E-state index contributed by atoms with van der Waals surface area (Å²) in [7, 11) is 0. The number of hydrogen-bond donors (Lipinski definition) is 0. The maximum Gasteiger partial charge on any atom is 0.0994 e. The summed E-state index contributed by atoms with van der Waals surface area (Å²) in [5.41, 5.74) is 4.07. The van der Waals surface area contributed by atoms with E-state index in [0.29, 0.717) is 0 Å². The minimum Gasteiger partial charge on any atom is -0.200 e. The lowest BCUT2D eigenvalue weighted by Crippen LogP contribution is -1.84. The molecule has 3 heteroatoms. The van der Waals surface area contributed by atoms with Crippen molar-refractivity contribution in [2.24, 2.45) is 0 Å². The highest BCUT2D eigenvalue weighted by Crippen LogP contribution is 2.31. The standard InChI is InChI=1S/C15H10N2S/c1-10-7-11(5-6-12(10)8-16)14-4-2-3-13-9-17-18-15(13)14/h2-7,9H,1H3. The Morgan fingerprint density at radius 1 is 1.22 bits per heavy atom. The van der Waals surface area contributed by atoms with Crippen LogP contribution in [0, 0.1) is 18.3 Å². The molecule has 18 heavy (non-hydrogen) atoms. The van der Waals surface area contributed by atoms with Crippen molar-refractivity contribution in [3.05, 3.63) is 53.7 Å². The van der Waals surface area contributed by atoms with Crippen LogP contribution in [0.25, 0.3) is 21.2 Å². The number of aromatic nitrogens is 1. The lowest BCUT2D eigenvalue weighted by atomic mass is 10.00. The zero-order chi connectivity index (χ0) is 12.5. The Kier molecular flexibility index (Phi) is 2.58. The largest absolute Gasteiger partial charge is 0.200 e. The quantitative estimate of drug-likeness (QED) is 0.650. The van der Waals surface area contributed by atoms with Crippen molar-refractivity contribution in [2.75, 3.05) is 0 Å². The van der Waals surface area contributed by atoms with Crippen molar-refractivity contribution in [3.63, 3.8) is 0 Å². The molecule has 2 nitrogen and oxygen atoms in total. The van der Waals surface area contributed by atoms with E-state index in [0.717, 1.165) is 16.7 Å². The third-order valence-electron chi connectivity index (χ3n) is 3.04. The molecule has 3 rings (SSSR count). The van der Waals surface area contributed by atoms with E-state index in [4.69, 9.17) is 5.26 Å². The first-order valence-corrected chi connectivity index (χ1v) is 6.41. The molecule has 0 aliphatic heterocycles. The molecule has 1 aromatic heterocycles. The highest BCUT2D eigenvalue weighted by Gasteiger charge is 2.07. The van der Waals surface area contributed by atoms with E-state index in [1.54, 1.807) is 0 Å². The second kappa shape index (κ2) is 4.25. The molecule has 3 aromatic rings. The second-order valence-corrected chi connectivity index (χ2v) is 4.99. The summed E-state index contributed by atoms with van der Waals surface area (Å²) < 4.78 is 5.43. The van der Waals surface area contributed by atoms with Gasteiger partial charge < -0.3 is 0 Å². The van der Waals surface area contributed by atoms with Crippen LogP contribution in [-0.2, 0) is 0 Å². The van der Waals surface area contributed by atoms with Gasteiger partial charge in [-0.25, -0.2) is 0 Å². The summed E-state index contributed by atoms with van der Waals surface area (Å²) in [4.78, 5) is 0. The molecule has 0 N–H and O–H groups in total. The third kappa shape index (κ3) is 1.68. The Morgan fingerprint density at radius 2 is 2.11 bits per heavy atom. The fourth-order valence-electron chi connectivity index (χ4n) is 2.08. The summed E-state index contributed by atoms with van der Waals surface area (Å²) in [5.74, 6) is 0. The third-order valence-corrected chi connectivity index (χ3v) is 3.89. The molecule has 2 aromatic carbocycles. The molecule has 1 heterocycles. The van der Waals surface area contributed by atoms with Gasteiger partial charge in [0, 0.05) is 17.1 Å². The Bertz CT molecular complexity index is 766. The molecule has 0 fully saturated rings. The van der Waals surface area contributed by atoms with Gasteiger partial charge in [0.25, 0.3) is 0 Å². The van der Waals surface area contributed by atoms with Gasteiger partial charge in [-0.3, -0.25) is 0 Å². The van der Waals surface area contributed by atoms with Crippen LogP contribution in [0.15, 0.2) is 42.6 Å². The first-order valence-electron chi connectivity index (χ1n) is 5.64. The van der Waals surface area contributed by atoms with Crippen LogP contribution in [0.5, 0.6) is 0 Å². The lowest BCUT2D eigenvalue weighted by molar-refractivity contribution is 1.39. The summed E-state index contributed by atoms with van der Waals surface area (Å²) in [5, 5.41) is 10.1. The van der Waals surface area contributed by atoms with Crippen molar-refractivity contribution in [2.45, 2.75) is 6.92 Å². The van der Waals surface area contributed by atoms with E-state index in [1.807, 2.05) is 31.3 Å². The zero-order valence-electron chi connectivity index (χ0n) is 9.84. The van der Waals surface area contributed by atoms with Gasteiger partial charge in [0.2, 0.25) is 0 Å². The number of nitriles is 1. The second-order valence-electron chi connectivity index (χ2n) is 4.19. The molecule has 0 unspecified atom stereocenters. The first-order chi connectivity index (χ1) is 8.79. The summed E-state index contributed by atoms with van der Waals surface area (Å²) in [6.07, 6.45) is 1.89. The number of aryl methyl sites for hydroxylation is 1. The normalized spacial score (nSPS) is 10.4. The lowest BCUT2D eigenvalue weighted by Gasteiger charge is -2.05. The van der Waals surface area contributed by atoms with Crippen LogP contribution >= 0.6 is 11.5 Å². The average molecular weight is 250 g/mol. The smallest absolute Gasteiger partial charge is 0.0994 e. The number of nitrogens with zero attached hydrogens (tertiary/aromatic N) is 2. The van der Waals surface area contributed by atoms with Crippen molar-refractivity contribution in [1.82, 2.24) is 4.37 Å². The van der Waals surface area contributed by atoms with E-state index in [1.165, 1.54) is 27.2 Å². The predicted octanol–water partition coefficient (Wildman–Crippen LogP) is 4.14. The Morgan fingerprint density at radius 3 is 2.89 bits per heavy atom. The van der Waals surface area contributed by atoms with Gasteiger partial charge in [-0.2, -0.15) is 9.64 Å². The van der Waals surface area contributed by atoms with E-state index < -0.39 is 0 Å². The maximum absolute atomic E-state index is 8.96. The van der Waals surface area contributed by atoms with Crippen LogP contribution in [0.3, 0.4) is 0 Å². The van der Waals surface area contributed by atoms with E-state index in [2.05, 4.69) is 28.6 Å². The molecule has 0 aliphatic rings. The minimum absolute atomic E-state index is 0.732. The van der Waals surface area contributed by atoms with Crippen molar-refractivity contribution < 1.29 is 0 Å². The van der Waals surface area contributed by atoms with Gasteiger partial charge >= 0.3 is 0 Å². The zero-order valence-corrected chi connectivity index (χ0v) is 10.7. The molecule has 0 saturated carbocycles. The fraction of sp³-hybridized carbons (Fsp3) is 0.0667.